The first-order valence-electron chi connectivity index (χ1n) is 9.47. The van der Waals surface area contributed by atoms with E-state index in [1.807, 2.05) is 35.2 Å². The molecular weight excluding hydrogens is 446 g/mol. The van der Waals surface area contributed by atoms with Crippen LogP contribution in [0.3, 0.4) is 0 Å². The van der Waals surface area contributed by atoms with Crippen LogP contribution in [0.2, 0.25) is 0 Å². The number of rotatable bonds is 9. The summed E-state index contributed by atoms with van der Waals surface area (Å²) in [5.74, 6) is -1.57. The van der Waals surface area contributed by atoms with Gasteiger partial charge >= 0.3 is 11.9 Å². The lowest BCUT2D eigenvalue weighted by Crippen LogP contribution is -2.31. The van der Waals surface area contributed by atoms with Gasteiger partial charge in [-0.1, -0.05) is 63.3 Å². The van der Waals surface area contributed by atoms with Gasteiger partial charge in [0.25, 0.3) is 0 Å². The molecule has 0 spiro atoms. The van der Waals surface area contributed by atoms with Gasteiger partial charge in [0.1, 0.15) is 0 Å². The van der Waals surface area contributed by atoms with Crippen LogP contribution in [-0.4, -0.2) is 44.1 Å². The number of carbonyl (C=O) groups is 2. The lowest BCUT2D eigenvalue weighted by molar-refractivity contribution is -0.144. The number of allylic oxidation sites excluding steroid dienone is 2. The van der Waals surface area contributed by atoms with Crippen molar-refractivity contribution in [2.45, 2.75) is 20.8 Å². The quantitative estimate of drug-likeness (QED) is 0.124. The van der Waals surface area contributed by atoms with Crippen molar-refractivity contribution < 1.29 is 19.1 Å². The molecule has 0 aliphatic rings. The molecule has 1 aromatic carbocycles. The highest BCUT2D eigenvalue weighted by Crippen LogP contribution is 2.42. The number of methoxy groups -OCH3 is 2. The minimum Gasteiger partial charge on any atom is -0.465 e. The number of halogens is 1. The second kappa shape index (κ2) is 11.6. The number of nitrogens with zero attached hydrogens (tertiary/aromatic N) is 1. The monoisotopic (exact) mass is 475 g/mol. The molecule has 6 heteroatoms. The first-order valence-corrected chi connectivity index (χ1v) is 10.3. The van der Waals surface area contributed by atoms with Crippen LogP contribution >= 0.6 is 15.9 Å². The van der Waals surface area contributed by atoms with Crippen LogP contribution in [0.1, 0.15) is 26.3 Å². The molecular formula is C24H30BrNO4. The Morgan fingerprint density at radius 1 is 1.00 bits per heavy atom. The van der Waals surface area contributed by atoms with E-state index in [0.29, 0.717) is 23.3 Å². The van der Waals surface area contributed by atoms with Crippen molar-refractivity contribution in [2.24, 2.45) is 5.41 Å². The second-order valence-electron chi connectivity index (χ2n) is 7.49. The summed E-state index contributed by atoms with van der Waals surface area (Å²) in [6, 6.07) is 9.79. The molecule has 0 unspecified atom stereocenters. The van der Waals surface area contributed by atoms with Gasteiger partial charge in [-0.15, -0.1) is 13.2 Å². The zero-order valence-corrected chi connectivity index (χ0v) is 19.9. The standard InChI is InChI=1S/C24H30BrNO4/c1-8-15-26(16-9-2)21(18(22(27)29-6)23(28)30-7)20(25)19(24(3,4)5)17-13-11-10-12-14-17/h8-14H,1-2,15-16H2,3-7H3/b20-19+. The third kappa shape index (κ3) is 6.20. The van der Waals surface area contributed by atoms with Crippen LogP contribution in [0.5, 0.6) is 0 Å². The van der Waals surface area contributed by atoms with Gasteiger partial charge in [0, 0.05) is 17.6 Å². The number of hydrogen-bond donors (Lipinski definition) is 0. The lowest BCUT2D eigenvalue weighted by Gasteiger charge is -2.32. The van der Waals surface area contributed by atoms with Crippen LogP contribution in [0.25, 0.3) is 5.57 Å². The Morgan fingerprint density at radius 2 is 1.47 bits per heavy atom. The third-order valence-corrected chi connectivity index (χ3v) is 5.04. The molecule has 0 radical (unpaired) electrons. The predicted octanol–water partition coefficient (Wildman–Crippen LogP) is 5.11. The minimum absolute atomic E-state index is 0.201. The topological polar surface area (TPSA) is 55.8 Å². The minimum atomic E-state index is -0.784. The fourth-order valence-corrected chi connectivity index (χ4v) is 4.34. The highest BCUT2D eigenvalue weighted by Gasteiger charge is 2.33. The SMILES string of the molecule is C=CCN(CC=C)C(=C(C(=O)OC)C(=O)OC)/C(Br)=C(/c1ccccc1)C(C)(C)C. The second-order valence-corrected chi connectivity index (χ2v) is 8.29. The van der Waals surface area contributed by atoms with Gasteiger partial charge < -0.3 is 14.4 Å². The molecule has 0 aliphatic carbocycles. The van der Waals surface area contributed by atoms with Crippen molar-refractivity contribution in [3.05, 3.63) is 77.0 Å². The van der Waals surface area contributed by atoms with Gasteiger partial charge in [0.2, 0.25) is 0 Å². The van der Waals surface area contributed by atoms with E-state index in [1.54, 1.807) is 12.2 Å². The van der Waals surface area contributed by atoms with Gasteiger partial charge in [-0.2, -0.15) is 0 Å². The molecule has 0 heterocycles. The van der Waals surface area contributed by atoms with Gasteiger partial charge in [0.15, 0.2) is 5.57 Å². The number of benzene rings is 1. The number of carbonyl (C=O) groups excluding carboxylic acids is 2. The van der Waals surface area contributed by atoms with Crippen molar-refractivity contribution in [1.29, 1.82) is 0 Å². The predicted molar refractivity (Wildman–Crippen MR) is 125 cm³/mol. The molecule has 0 N–H and O–H groups in total. The first-order chi connectivity index (χ1) is 14.1. The van der Waals surface area contributed by atoms with Crippen molar-refractivity contribution in [3.8, 4) is 0 Å². The Hall–Kier alpha value is -2.60. The summed E-state index contributed by atoms with van der Waals surface area (Å²) < 4.78 is 10.4. The van der Waals surface area contributed by atoms with E-state index >= 15 is 0 Å². The summed E-state index contributed by atoms with van der Waals surface area (Å²) in [5.41, 5.74) is 1.72. The zero-order chi connectivity index (χ0) is 22.9. The normalized spacial score (nSPS) is 11.7. The molecule has 1 rings (SSSR count). The van der Waals surface area contributed by atoms with Crippen LogP contribution in [0.15, 0.2) is 71.4 Å². The lowest BCUT2D eigenvalue weighted by atomic mass is 9.81. The van der Waals surface area contributed by atoms with Gasteiger partial charge in [-0.25, -0.2) is 9.59 Å². The van der Waals surface area contributed by atoms with Gasteiger partial charge in [0.05, 0.1) is 19.9 Å². The molecule has 0 saturated carbocycles. The van der Waals surface area contributed by atoms with Crippen molar-refractivity contribution in [3.63, 3.8) is 0 Å². The van der Waals surface area contributed by atoms with Crippen molar-refractivity contribution in [1.82, 2.24) is 4.90 Å². The average molecular weight is 476 g/mol. The van der Waals surface area contributed by atoms with E-state index in [4.69, 9.17) is 9.47 Å². The Morgan fingerprint density at radius 3 is 1.83 bits per heavy atom. The molecule has 1 aromatic rings. The summed E-state index contributed by atoms with van der Waals surface area (Å²) in [6.45, 7) is 14.6. The Kier molecular flexibility index (Phi) is 9.79. The van der Waals surface area contributed by atoms with Crippen LogP contribution in [0, 0.1) is 5.41 Å². The van der Waals surface area contributed by atoms with E-state index in [1.165, 1.54) is 14.2 Å². The van der Waals surface area contributed by atoms with Crippen LogP contribution in [0.4, 0.5) is 0 Å². The van der Waals surface area contributed by atoms with Gasteiger partial charge in [-0.3, -0.25) is 0 Å². The molecule has 30 heavy (non-hydrogen) atoms. The number of ether oxygens (including phenoxy) is 2. The summed E-state index contributed by atoms with van der Waals surface area (Å²) >= 11 is 3.72. The van der Waals surface area contributed by atoms with E-state index in [0.717, 1.165) is 11.1 Å². The molecule has 0 bridgehead atoms. The van der Waals surface area contributed by atoms with E-state index in [-0.39, 0.29) is 11.0 Å². The highest BCUT2D eigenvalue weighted by atomic mass is 79.9. The maximum absolute atomic E-state index is 12.7. The van der Waals surface area contributed by atoms with E-state index in [2.05, 4.69) is 49.9 Å². The maximum Gasteiger partial charge on any atom is 0.347 e. The summed E-state index contributed by atoms with van der Waals surface area (Å²) in [4.78, 5) is 27.2. The van der Waals surface area contributed by atoms with E-state index in [9.17, 15) is 9.59 Å². The largest absolute Gasteiger partial charge is 0.465 e. The average Bonchev–Trinajstić information content (AvgIpc) is 2.70. The zero-order valence-electron chi connectivity index (χ0n) is 18.3. The molecule has 0 saturated heterocycles. The molecule has 162 valence electrons. The van der Waals surface area contributed by atoms with Crippen molar-refractivity contribution in [2.75, 3.05) is 27.3 Å². The fraction of sp³-hybridized carbons (Fsp3) is 0.333. The van der Waals surface area contributed by atoms with Crippen LogP contribution in [-0.2, 0) is 19.1 Å². The molecule has 0 amide bonds. The highest BCUT2D eigenvalue weighted by molar-refractivity contribution is 9.12. The summed E-state index contributed by atoms with van der Waals surface area (Å²) in [6.07, 6.45) is 3.38. The molecule has 0 aliphatic heterocycles. The molecule has 0 aromatic heterocycles. The summed E-state index contributed by atoms with van der Waals surface area (Å²) in [5, 5.41) is 0. The Balaban J connectivity index is 4.12. The fourth-order valence-electron chi connectivity index (χ4n) is 3.07. The first kappa shape index (κ1) is 25.4. The number of hydrogen-bond acceptors (Lipinski definition) is 5. The molecule has 0 fully saturated rings. The third-order valence-electron chi connectivity index (χ3n) is 4.27. The summed E-state index contributed by atoms with van der Waals surface area (Å²) in [7, 11) is 2.46. The van der Waals surface area contributed by atoms with Crippen molar-refractivity contribution >= 4 is 33.4 Å². The van der Waals surface area contributed by atoms with Crippen LogP contribution < -0.4 is 0 Å². The maximum atomic E-state index is 12.7. The smallest absolute Gasteiger partial charge is 0.347 e. The Bertz CT molecular complexity index is 820. The molecule has 0 atom stereocenters. The van der Waals surface area contributed by atoms with Gasteiger partial charge in [-0.05, 0) is 32.5 Å². The molecule has 5 nitrogen and oxygen atoms in total. The van der Waals surface area contributed by atoms with E-state index < -0.39 is 11.9 Å². The Labute approximate surface area is 187 Å². The number of esters is 2.